The smallest absolute Gasteiger partial charge is 0.226 e. The summed E-state index contributed by atoms with van der Waals surface area (Å²) >= 11 is 5.92. The van der Waals surface area contributed by atoms with Crippen LogP contribution in [0.25, 0.3) is 0 Å². The molecule has 0 saturated heterocycles. The van der Waals surface area contributed by atoms with Gasteiger partial charge in [-0.1, -0.05) is 11.6 Å². The lowest BCUT2D eigenvalue weighted by molar-refractivity contribution is -0.116. The average molecular weight is 280 g/mol. The number of aryl methyl sites for hydroxylation is 1. The standard InChI is InChI=1S/C13H11ClFN3O/c1-18-6-10-8(5-12(19)16-13(10)17-18)9-4-7(14)2-3-11(9)15/h2-4,6,8H,5H2,1H3,(H,16,17,19). The first-order chi connectivity index (χ1) is 9.04. The highest BCUT2D eigenvalue weighted by Gasteiger charge is 2.30. The van der Waals surface area contributed by atoms with E-state index in [0.29, 0.717) is 16.4 Å². The van der Waals surface area contributed by atoms with Gasteiger partial charge in [-0.2, -0.15) is 5.10 Å². The summed E-state index contributed by atoms with van der Waals surface area (Å²) in [5.74, 6) is -0.395. The maximum atomic E-state index is 14.0. The van der Waals surface area contributed by atoms with Crippen molar-refractivity contribution in [2.45, 2.75) is 12.3 Å². The Morgan fingerprint density at radius 2 is 2.26 bits per heavy atom. The molecule has 1 N–H and O–H groups in total. The average Bonchev–Trinajstić information content (AvgIpc) is 2.71. The van der Waals surface area contributed by atoms with E-state index < -0.39 is 0 Å². The number of carbonyl (C=O) groups excluding carboxylic acids is 1. The van der Waals surface area contributed by atoms with Crippen molar-refractivity contribution in [3.8, 4) is 0 Å². The SMILES string of the molecule is Cn1cc2c(n1)NC(=O)CC2c1cc(Cl)ccc1F. The molecule has 19 heavy (non-hydrogen) atoms. The zero-order valence-electron chi connectivity index (χ0n) is 10.2. The van der Waals surface area contributed by atoms with Crippen LogP contribution in [-0.2, 0) is 11.8 Å². The maximum Gasteiger partial charge on any atom is 0.226 e. The van der Waals surface area contributed by atoms with Crippen LogP contribution in [0, 0.1) is 5.82 Å². The van der Waals surface area contributed by atoms with Gasteiger partial charge in [-0.15, -0.1) is 0 Å². The second-order valence-electron chi connectivity index (χ2n) is 4.58. The summed E-state index contributed by atoms with van der Waals surface area (Å²) in [5, 5.41) is 7.30. The monoisotopic (exact) mass is 279 g/mol. The van der Waals surface area contributed by atoms with Crippen molar-refractivity contribution >= 4 is 23.3 Å². The summed E-state index contributed by atoms with van der Waals surface area (Å²) in [6.45, 7) is 0. The van der Waals surface area contributed by atoms with Crippen molar-refractivity contribution in [3.63, 3.8) is 0 Å². The highest BCUT2D eigenvalue weighted by atomic mass is 35.5. The van der Waals surface area contributed by atoms with Gasteiger partial charge < -0.3 is 5.32 Å². The van der Waals surface area contributed by atoms with Gasteiger partial charge in [0.2, 0.25) is 5.91 Å². The lowest BCUT2D eigenvalue weighted by Gasteiger charge is -2.22. The zero-order chi connectivity index (χ0) is 13.6. The van der Waals surface area contributed by atoms with Crippen molar-refractivity contribution in [2.75, 3.05) is 5.32 Å². The number of hydrogen-bond donors (Lipinski definition) is 1. The molecule has 98 valence electrons. The summed E-state index contributed by atoms with van der Waals surface area (Å²) in [5.41, 5.74) is 1.24. The van der Waals surface area contributed by atoms with E-state index in [1.165, 1.54) is 12.1 Å². The predicted molar refractivity (Wildman–Crippen MR) is 69.7 cm³/mol. The van der Waals surface area contributed by atoms with Crippen LogP contribution in [-0.4, -0.2) is 15.7 Å². The van der Waals surface area contributed by atoms with Crippen molar-refractivity contribution < 1.29 is 9.18 Å². The van der Waals surface area contributed by atoms with Gasteiger partial charge in [-0.3, -0.25) is 9.48 Å². The quantitative estimate of drug-likeness (QED) is 0.872. The molecule has 2 aromatic rings. The largest absolute Gasteiger partial charge is 0.309 e. The first-order valence-electron chi connectivity index (χ1n) is 5.83. The Kier molecular flexibility index (Phi) is 2.78. The molecule has 0 aliphatic carbocycles. The topological polar surface area (TPSA) is 46.9 Å². The molecule has 0 saturated carbocycles. The molecule has 0 spiro atoms. The molecule has 3 rings (SSSR count). The third-order valence-electron chi connectivity index (χ3n) is 3.21. The van der Waals surface area contributed by atoms with E-state index in [2.05, 4.69) is 10.4 Å². The fourth-order valence-corrected chi connectivity index (χ4v) is 2.58. The summed E-state index contributed by atoms with van der Waals surface area (Å²) in [6, 6.07) is 4.38. The zero-order valence-corrected chi connectivity index (χ0v) is 10.9. The third kappa shape index (κ3) is 2.10. The van der Waals surface area contributed by atoms with Crippen molar-refractivity contribution in [3.05, 3.63) is 46.4 Å². The molecule has 0 fully saturated rings. The van der Waals surface area contributed by atoms with E-state index in [1.54, 1.807) is 24.0 Å². The minimum atomic E-state index is -0.362. The highest BCUT2D eigenvalue weighted by molar-refractivity contribution is 6.30. The Hall–Kier alpha value is -1.88. The minimum Gasteiger partial charge on any atom is -0.309 e. The van der Waals surface area contributed by atoms with Gasteiger partial charge in [0, 0.05) is 36.2 Å². The first kappa shape index (κ1) is 12.2. The van der Waals surface area contributed by atoms with Crippen LogP contribution in [0.1, 0.15) is 23.5 Å². The molecular formula is C13H11ClFN3O. The van der Waals surface area contributed by atoms with Gasteiger partial charge in [-0.05, 0) is 23.8 Å². The second kappa shape index (κ2) is 4.35. The number of nitrogens with one attached hydrogen (secondary N) is 1. The fraction of sp³-hybridized carbons (Fsp3) is 0.231. The molecular weight excluding hydrogens is 269 g/mol. The number of nitrogens with zero attached hydrogens (tertiary/aromatic N) is 2. The molecule has 0 radical (unpaired) electrons. The Labute approximate surface area is 114 Å². The number of fused-ring (bicyclic) bond motifs is 1. The number of hydrogen-bond acceptors (Lipinski definition) is 2. The number of rotatable bonds is 1. The van der Waals surface area contributed by atoms with Crippen LogP contribution in [0.2, 0.25) is 5.02 Å². The van der Waals surface area contributed by atoms with Crippen LogP contribution < -0.4 is 5.32 Å². The van der Waals surface area contributed by atoms with Gasteiger partial charge >= 0.3 is 0 Å². The molecule has 1 unspecified atom stereocenters. The number of anilines is 1. The fourth-order valence-electron chi connectivity index (χ4n) is 2.40. The molecule has 4 nitrogen and oxygen atoms in total. The number of halogens is 2. The molecule has 1 aliphatic heterocycles. The Balaban J connectivity index is 2.14. The summed E-state index contributed by atoms with van der Waals surface area (Å²) in [4.78, 5) is 11.7. The van der Waals surface area contributed by atoms with Crippen LogP contribution >= 0.6 is 11.6 Å². The van der Waals surface area contributed by atoms with Gasteiger partial charge in [-0.25, -0.2) is 4.39 Å². The van der Waals surface area contributed by atoms with E-state index in [0.717, 1.165) is 5.56 Å². The van der Waals surface area contributed by atoms with E-state index in [1.807, 2.05) is 0 Å². The molecule has 6 heteroatoms. The van der Waals surface area contributed by atoms with Crippen LogP contribution in [0.4, 0.5) is 10.2 Å². The van der Waals surface area contributed by atoms with Gasteiger partial charge in [0.1, 0.15) is 5.82 Å². The van der Waals surface area contributed by atoms with Crippen molar-refractivity contribution in [1.82, 2.24) is 9.78 Å². The lowest BCUT2D eigenvalue weighted by Crippen LogP contribution is -2.23. The van der Waals surface area contributed by atoms with Gasteiger partial charge in [0.15, 0.2) is 5.82 Å². The first-order valence-corrected chi connectivity index (χ1v) is 6.20. The maximum absolute atomic E-state index is 14.0. The Morgan fingerprint density at radius 3 is 3.05 bits per heavy atom. The number of benzene rings is 1. The molecule has 1 aliphatic rings. The van der Waals surface area contributed by atoms with Crippen LogP contribution in [0.5, 0.6) is 0 Å². The Morgan fingerprint density at radius 1 is 1.47 bits per heavy atom. The normalized spacial score (nSPS) is 18.1. The summed E-state index contributed by atoms with van der Waals surface area (Å²) < 4.78 is 15.6. The lowest BCUT2D eigenvalue weighted by atomic mass is 9.87. The minimum absolute atomic E-state index is 0.171. The van der Waals surface area contributed by atoms with Crippen LogP contribution in [0.15, 0.2) is 24.4 Å². The summed E-state index contributed by atoms with van der Waals surface area (Å²) in [6.07, 6.45) is 1.98. The van der Waals surface area contributed by atoms with Gasteiger partial charge in [0.05, 0.1) is 0 Å². The molecule has 2 heterocycles. The predicted octanol–water partition coefficient (Wildman–Crippen LogP) is 2.69. The Bertz CT molecular complexity index is 668. The molecule has 1 amide bonds. The number of aromatic nitrogens is 2. The van der Waals surface area contributed by atoms with E-state index in [9.17, 15) is 9.18 Å². The van der Waals surface area contributed by atoms with Gasteiger partial charge in [0.25, 0.3) is 0 Å². The number of amides is 1. The number of carbonyl (C=O) groups is 1. The molecule has 0 bridgehead atoms. The van der Waals surface area contributed by atoms with E-state index >= 15 is 0 Å². The highest BCUT2D eigenvalue weighted by Crippen LogP contribution is 2.38. The second-order valence-corrected chi connectivity index (χ2v) is 5.01. The van der Waals surface area contributed by atoms with E-state index in [4.69, 9.17) is 11.6 Å². The van der Waals surface area contributed by atoms with E-state index in [-0.39, 0.29) is 24.1 Å². The molecule has 1 aromatic heterocycles. The van der Waals surface area contributed by atoms with Crippen LogP contribution in [0.3, 0.4) is 0 Å². The van der Waals surface area contributed by atoms with Crippen molar-refractivity contribution in [1.29, 1.82) is 0 Å². The summed E-state index contributed by atoms with van der Waals surface area (Å²) in [7, 11) is 1.76. The van der Waals surface area contributed by atoms with Crippen molar-refractivity contribution in [2.24, 2.45) is 7.05 Å². The third-order valence-corrected chi connectivity index (χ3v) is 3.45. The molecule has 1 atom stereocenters. The molecule has 1 aromatic carbocycles.